The summed E-state index contributed by atoms with van der Waals surface area (Å²) in [6.07, 6.45) is 0. The van der Waals surface area contributed by atoms with Crippen molar-refractivity contribution in [3.63, 3.8) is 0 Å². The third kappa shape index (κ3) is 3.20. The SMILES string of the molecule is C/C(=N\Nc1ccc(S(N)(=O)=O)cc1)c1sc2nc3ccccc3n2c1C. The van der Waals surface area contributed by atoms with Crippen LogP contribution in [0.1, 0.15) is 17.5 Å². The van der Waals surface area contributed by atoms with Crippen molar-refractivity contribution in [3.05, 3.63) is 59.1 Å². The Morgan fingerprint density at radius 3 is 2.59 bits per heavy atom. The summed E-state index contributed by atoms with van der Waals surface area (Å²) in [6, 6.07) is 14.2. The fraction of sp³-hybridized carbons (Fsp3) is 0.111. The number of hydrazone groups is 1. The maximum Gasteiger partial charge on any atom is 0.238 e. The van der Waals surface area contributed by atoms with Gasteiger partial charge in [-0.1, -0.05) is 23.5 Å². The molecule has 9 heteroatoms. The predicted molar refractivity (Wildman–Crippen MR) is 109 cm³/mol. The number of rotatable bonds is 4. The molecule has 2 heterocycles. The number of hydrogen-bond acceptors (Lipinski definition) is 6. The Labute approximate surface area is 160 Å². The Morgan fingerprint density at radius 2 is 1.89 bits per heavy atom. The van der Waals surface area contributed by atoms with Crippen molar-refractivity contribution in [2.24, 2.45) is 10.2 Å². The van der Waals surface area contributed by atoms with Crippen LogP contribution in [0.15, 0.2) is 58.5 Å². The minimum Gasteiger partial charge on any atom is -0.287 e. The van der Waals surface area contributed by atoms with Crippen LogP contribution in [0.3, 0.4) is 0 Å². The average Bonchev–Trinajstić information content (AvgIpc) is 3.16. The second kappa shape index (κ2) is 6.45. The molecule has 0 atom stereocenters. The first-order valence-corrected chi connectivity index (χ1v) is 10.5. The van der Waals surface area contributed by atoms with E-state index in [1.807, 2.05) is 32.0 Å². The van der Waals surface area contributed by atoms with Gasteiger partial charge < -0.3 is 0 Å². The number of imidazole rings is 1. The van der Waals surface area contributed by atoms with Gasteiger partial charge in [0.15, 0.2) is 4.96 Å². The van der Waals surface area contributed by atoms with E-state index in [9.17, 15) is 8.42 Å². The number of sulfonamides is 1. The van der Waals surface area contributed by atoms with Gasteiger partial charge in [-0.15, -0.1) is 0 Å². The van der Waals surface area contributed by atoms with E-state index in [1.165, 1.54) is 12.1 Å². The molecule has 2 aromatic heterocycles. The van der Waals surface area contributed by atoms with Gasteiger partial charge in [-0.25, -0.2) is 18.5 Å². The molecule has 4 aromatic rings. The molecule has 0 radical (unpaired) electrons. The molecule has 138 valence electrons. The van der Waals surface area contributed by atoms with Gasteiger partial charge in [0, 0.05) is 5.69 Å². The van der Waals surface area contributed by atoms with Gasteiger partial charge in [0.1, 0.15) is 0 Å². The second-order valence-corrected chi connectivity index (χ2v) is 8.65. The third-order valence-corrected chi connectivity index (χ3v) is 6.43. The summed E-state index contributed by atoms with van der Waals surface area (Å²) < 4.78 is 24.8. The number of nitrogens with zero attached hydrogens (tertiary/aromatic N) is 3. The number of para-hydroxylation sites is 2. The van der Waals surface area contributed by atoms with E-state index in [2.05, 4.69) is 26.0 Å². The molecule has 4 rings (SSSR count). The smallest absolute Gasteiger partial charge is 0.238 e. The minimum absolute atomic E-state index is 0.0657. The molecule has 0 amide bonds. The second-order valence-electron chi connectivity index (χ2n) is 6.11. The summed E-state index contributed by atoms with van der Waals surface area (Å²) in [5.41, 5.74) is 7.57. The molecule has 3 N–H and O–H groups in total. The number of hydrogen-bond donors (Lipinski definition) is 2. The summed E-state index contributed by atoms with van der Waals surface area (Å²) in [4.78, 5) is 6.70. The van der Waals surface area contributed by atoms with E-state index >= 15 is 0 Å². The first-order chi connectivity index (χ1) is 12.8. The number of anilines is 1. The van der Waals surface area contributed by atoms with Crippen molar-refractivity contribution in [3.8, 4) is 0 Å². The zero-order valence-electron chi connectivity index (χ0n) is 14.7. The van der Waals surface area contributed by atoms with E-state index in [0.29, 0.717) is 5.69 Å². The number of primary sulfonamides is 1. The van der Waals surface area contributed by atoms with Crippen molar-refractivity contribution >= 4 is 48.8 Å². The molecule has 0 saturated carbocycles. The molecule has 0 aliphatic rings. The number of nitrogens with two attached hydrogens (primary N) is 1. The highest BCUT2D eigenvalue weighted by Gasteiger charge is 2.15. The summed E-state index contributed by atoms with van der Waals surface area (Å²) in [6.45, 7) is 3.97. The number of fused-ring (bicyclic) bond motifs is 3. The minimum atomic E-state index is -3.70. The molecule has 0 bridgehead atoms. The van der Waals surface area contributed by atoms with E-state index in [-0.39, 0.29) is 4.90 Å². The van der Waals surface area contributed by atoms with Gasteiger partial charge in [-0.05, 0) is 50.2 Å². The lowest BCUT2D eigenvalue weighted by molar-refractivity contribution is 0.598. The zero-order chi connectivity index (χ0) is 19.2. The number of benzene rings is 2. The number of aryl methyl sites for hydroxylation is 1. The maximum atomic E-state index is 11.3. The Kier molecular flexibility index (Phi) is 4.22. The van der Waals surface area contributed by atoms with Crippen LogP contribution < -0.4 is 10.6 Å². The maximum absolute atomic E-state index is 11.3. The van der Waals surface area contributed by atoms with Crippen LogP contribution in [-0.4, -0.2) is 23.5 Å². The van der Waals surface area contributed by atoms with Crippen LogP contribution in [0, 0.1) is 6.92 Å². The standard InChI is InChI=1S/C18H17N5O2S2/c1-11(21-22-13-7-9-14(10-8-13)27(19,24)25)17-12(2)23-16-6-4-3-5-15(16)20-18(23)26-17/h3-10,22H,1-2H3,(H2,19,24,25)/b21-11+. The molecule has 0 spiro atoms. The number of thiazole rings is 1. The van der Waals surface area contributed by atoms with E-state index < -0.39 is 10.0 Å². The molecular weight excluding hydrogens is 382 g/mol. The predicted octanol–water partition coefficient (Wildman–Crippen LogP) is 3.34. The summed E-state index contributed by atoms with van der Waals surface area (Å²) in [5.74, 6) is 0. The van der Waals surface area contributed by atoms with Crippen molar-refractivity contribution < 1.29 is 8.42 Å². The Bertz CT molecular complexity index is 1280. The largest absolute Gasteiger partial charge is 0.287 e. The molecule has 0 unspecified atom stereocenters. The average molecular weight is 400 g/mol. The number of nitrogens with one attached hydrogen (secondary N) is 1. The summed E-state index contributed by atoms with van der Waals surface area (Å²) >= 11 is 1.58. The topological polar surface area (TPSA) is 102 Å². The first-order valence-electron chi connectivity index (χ1n) is 8.15. The fourth-order valence-corrected chi connectivity index (χ4v) is 4.52. The Balaban J connectivity index is 1.64. The molecular formula is C18H17N5O2S2. The van der Waals surface area contributed by atoms with Crippen LogP contribution in [0.25, 0.3) is 16.0 Å². The first kappa shape index (κ1) is 17.7. The van der Waals surface area contributed by atoms with Gasteiger partial charge in [-0.2, -0.15) is 5.10 Å². The number of aromatic nitrogens is 2. The highest BCUT2D eigenvalue weighted by Crippen LogP contribution is 2.28. The zero-order valence-corrected chi connectivity index (χ0v) is 16.3. The fourth-order valence-electron chi connectivity index (χ4n) is 2.92. The molecule has 27 heavy (non-hydrogen) atoms. The highest BCUT2D eigenvalue weighted by molar-refractivity contribution is 7.89. The van der Waals surface area contributed by atoms with Gasteiger partial charge >= 0.3 is 0 Å². The quantitative estimate of drug-likeness (QED) is 0.406. The summed E-state index contributed by atoms with van der Waals surface area (Å²) in [5, 5.41) is 9.53. The van der Waals surface area contributed by atoms with E-state index in [1.54, 1.807) is 23.5 Å². The van der Waals surface area contributed by atoms with Gasteiger partial charge in [0.25, 0.3) is 0 Å². The third-order valence-electron chi connectivity index (χ3n) is 4.25. The van der Waals surface area contributed by atoms with Crippen LogP contribution >= 0.6 is 11.3 Å². The summed E-state index contributed by atoms with van der Waals surface area (Å²) in [7, 11) is -3.70. The molecule has 0 aliphatic heterocycles. The van der Waals surface area contributed by atoms with Gasteiger partial charge in [-0.3, -0.25) is 9.83 Å². The van der Waals surface area contributed by atoms with Gasteiger partial charge in [0.2, 0.25) is 10.0 Å². The normalized spacial score (nSPS) is 12.8. The molecule has 0 saturated heterocycles. The Morgan fingerprint density at radius 1 is 1.19 bits per heavy atom. The molecule has 0 aliphatic carbocycles. The monoisotopic (exact) mass is 399 g/mol. The van der Waals surface area contributed by atoms with Crippen molar-refractivity contribution in [1.82, 2.24) is 9.38 Å². The van der Waals surface area contributed by atoms with Crippen LogP contribution in [0.2, 0.25) is 0 Å². The molecule has 0 fully saturated rings. The van der Waals surface area contributed by atoms with Gasteiger partial charge in [0.05, 0.1) is 32.2 Å². The molecule has 7 nitrogen and oxygen atoms in total. The van der Waals surface area contributed by atoms with Crippen molar-refractivity contribution in [2.75, 3.05) is 5.43 Å². The van der Waals surface area contributed by atoms with Crippen molar-refractivity contribution in [2.45, 2.75) is 18.7 Å². The lowest BCUT2D eigenvalue weighted by Gasteiger charge is -2.04. The van der Waals surface area contributed by atoms with E-state index in [0.717, 1.165) is 32.3 Å². The Hall–Kier alpha value is -2.75. The van der Waals surface area contributed by atoms with E-state index in [4.69, 9.17) is 5.14 Å². The lowest BCUT2D eigenvalue weighted by Crippen LogP contribution is -2.11. The van der Waals surface area contributed by atoms with Crippen molar-refractivity contribution in [1.29, 1.82) is 0 Å². The van der Waals surface area contributed by atoms with Crippen LogP contribution in [-0.2, 0) is 10.0 Å². The highest BCUT2D eigenvalue weighted by atomic mass is 32.2. The lowest BCUT2D eigenvalue weighted by atomic mass is 10.3. The van der Waals surface area contributed by atoms with Crippen LogP contribution in [0.4, 0.5) is 5.69 Å². The van der Waals surface area contributed by atoms with Crippen LogP contribution in [0.5, 0.6) is 0 Å². The molecule has 2 aromatic carbocycles.